The van der Waals surface area contributed by atoms with Gasteiger partial charge in [-0.2, -0.15) is 22.0 Å². The zero-order valence-corrected chi connectivity index (χ0v) is 13.1. The van der Waals surface area contributed by atoms with Gasteiger partial charge in [0.25, 0.3) is 0 Å². The first-order valence-corrected chi connectivity index (χ1v) is 8.11. The second kappa shape index (κ2) is 8.43. The van der Waals surface area contributed by atoms with Crippen molar-refractivity contribution >= 4 is 28.4 Å². The van der Waals surface area contributed by atoms with E-state index < -0.39 is 56.0 Å². The number of halogens is 6. The SMILES string of the molecule is CCO/N=C/c1sc(S(=O)CCC(F)=C(F)F)nc1C(F)(F)F. The van der Waals surface area contributed by atoms with Crippen molar-refractivity contribution in [1.29, 1.82) is 0 Å². The minimum atomic E-state index is -4.82. The summed E-state index contributed by atoms with van der Waals surface area (Å²) in [5.74, 6) is -2.38. The van der Waals surface area contributed by atoms with Crippen LogP contribution >= 0.6 is 11.3 Å². The Labute approximate surface area is 133 Å². The second-order valence-corrected chi connectivity index (χ2v) is 6.58. The topological polar surface area (TPSA) is 51.5 Å². The molecule has 1 heterocycles. The summed E-state index contributed by atoms with van der Waals surface area (Å²) in [6.45, 7) is 1.71. The highest BCUT2D eigenvalue weighted by Crippen LogP contribution is 2.34. The van der Waals surface area contributed by atoms with Crippen molar-refractivity contribution in [2.75, 3.05) is 12.4 Å². The van der Waals surface area contributed by atoms with E-state index >= 15 is 0 Å². The largest absolute Gasteiger partial charge is 0.434 e. The number of hydrogen-bond donors (Lipinski definition) is 0. The van der Waals surface area contributed by atoms with Crippen LogP contribution in [-0.4, -0.2) is 27.8 Å². The lowest BCUT2D eigenvalue weighted by molar-refractivity contribution is -0.141. The first-order valence-electron chi connectivity index (χ1n) is 5.98. The van der Waals surface area contributed by atoms with E-state index in [1.807, 2.05) is 0 Å². The summed E-state index contributed by atoms with van der Waals surface area (Å²) >= 11 is 0.418. The number of allylic oxidation sites excluding steroid dienone is 1. The normalized spacial score (nSPS) is 13.3. The molecule has 0 aromatic carbocycles. The molecular weight excluding hydrogens is 370 g/mol. The molecule has 1 aromatic heterocycles. The highest BCUT2D eigenvalue weighted by Gasteiger charge is 2.37. The van der Waals surface area contributed by atoms with Crippen LogP contribution in [0.2, 0.25) is 0 Å². The number of hydrogen-bond acceptors (Lipinski definition) is 5. The van der Waals surface area contributed by atoms with Crippen molar-refractivity contribution in [3.63, 3.8) is 0 Å². The van der Waals surface area contributed by atoms with E-state index in [4.69, 9.17) is 0 Å². The molecule has 0 aliphatic rings. The predicted molar refractivity (Wildman–Crippen MR) is 72.6 cm³/mol. The minimum Gasteiger partial charge on any atom is -0.396 e. The fraction of sp³-hybridized carbons (Fsp3) is 0.455. The molecule has 130 valence electrons. The summed E-state index contributed by atoms with van der Waals surface area (Å²) < 4.78 is 86.2. The van der Waals surface area contributed by atoms with Crippen molar-refractivity contribution in [3.05, 3.63) is 22.5 Å². The van der Waals surface area contributed by atoms with E-state index in [9.17, 15) is 30.6 Å². The van der Waals surface area contributed by atoms with Crippen LogP contribution in [0.5, 0.6) is 0 Å². The van der Waals surface area contributed by atoms with Gasteiger partial charge in [0.2, 0.25) is 0 Å². The van der Waals surface area contributed by atoms with Crippen LogP contribution < -0.4 is 0 Å². The van der Waals surface area contributed by atoms with Crippen molar-refractivity contribution in [3.8, 4) is 0 Å². The molecule has 0 radical (unpaired) electrons. The van der Waals surface area contributed by atoms with Gasteiger partial charge in [-0.3, -0.25) is 4.21 Å². The van der Waals surface area contributed by atoms with Gasteiger partial charge in [0.1, 0.15) is 6.61 Å². The summed E-state index contributed by atoms with van der Waals surface area (Å²) in [5.41, 5.74) is -1.32. The van der Waals surface area contributed by atoms with Crippen molar-refractivity contribution in [1.82, 2.24) is 4.98 Å². The molecule has 0 fully saturated rings. The van der Waals surface area contributed by atoms with Gasteiger partial charge in [-0.05, 0) is 6.92 Å². The summed E-state index contributed by atoms with van der Waals surface area (Å²) in [7, 11) is -2.15. The van der Waals surface area contributed by atoms with Crippen LogP contribution in [-0.2, 0) is 21.8 Å². The molecule has 12 heteroatoms. The van der Waals surface area contributed by atoms with Gasteiger partial charge in [-0.1, -0.05) is 5.16 Å². The van der Waals surface area contributed by atoms with Gasteiger partial charge >= 0.3 is 12.3 Å². The van der Waals surface area contributed by atoms with Crippen molar-refractivity contribution < 1.29 is 35.4 Å². The van der Waals surface area contributed by atoms with Gasteiger partial charge in [0.05, 0.1) is 21.9 Å². The van der Waals surface area contributed by atoms with E-state index in [0.717, 1.165) is 6.21 Å². The van der Waals surface area contributed by atoms with Crippen LogP contribution in [0.25, 0.3) is 0 Å². The van der Waals surface area contributed by atoms with E-state index in [1.165, 1.54) is 0 Å². The first kappa shape index (κ1) is 19.6. The van der Waals surface area contributed by atoms with Gasteiger partial charge in [-0.25, -0.2) is 9.37 Å². The van der Waals surface area contributed by atoms with Crippen LogP contribution in [0.15, 0.2) is 21.4 Å². The molecular formula is C11H10F6N2O2S2. The highest BCUT2D eigenvalue weighted by atomic mass is 32.2. The third kappa shape index (κ3) is 5.94. The molecule has 0 bridgehead atoms. The van der Waals surface area contributed by atoms with Gasteiger partial charge < -0.3 is 4.84 Å². The Hall–Kier alpha value is -1.43. The van der Waals surface area contributed by atoms with E-state index in [-0.39, 0.29) is 6.61 Å². The average Bonchev–Trinajstić information content (AvgIpc) is 2.89. The Kier molecular flexibility index (Phi) is 7.19. The van der Waals surface area contributed by atoms with Crippen LogP contribution in [0, 0.1) is 0 Å². The molecule has 1 atom stereocenters. The number of rotatable bonds is 7. The third-order valence-electron chi connectivity index (χ3n) is 2.18. The quantitative estimate of drug-likeness (QED) is 0.406. The Morgan fingerprint density at radius 3 is 2.57 bits per heavy atom. The Balaban J connectivity index is 3.00. The van der Waals surface area contributed by atoms with Crippen molar-refractivity contribution in [2.24, 2.45) is 5.16 Å². The van der Waals surface area contributed by atoms with Crippen LogP contribution in [0.4, 0.5) is 26.3 Å². The Morgan fingerprint density at radius 2 is 2.04 bits per heavy atom. The second-order valence-electron chi connectivity index (χ2n) is 3.81. The molecule has 0 aliphatic heterocycles. The molecule has 0 saturated heterocycles. The van der Waals surface area contributed by atoms with Gasteiger partial charge in [0, 0.05) is 12.2 Å². The Morgan fingerprint density at radius 1 is 1.39 bits per heavy atom. The zero-order valence-electron chi connectivity index (χ0n) is 11.5. The van der Waals surface area contributed by atoms with E-state index in [0.29, 0.717) is 11.3 Å². The summed E-state index contributed by atoms with van der Waals surface area (Å²) in [6, 6.07) is 0. The fourth-order valence-corrected chi connectivity index (χ4v) is 3.53. The molecule has 1 unspecified atom stereocenters. The zero-order chi connectivity index (χ0) is 17.6. The molecule has 1 rings (SSSR count). The standard InChI is InChI=1S/C11H10F6N2O2S2/c1-2-21-18-5-7-8(11(15,16)17)19-10(22-7)23(20)4-3-6(12)9(13)14/h5H,2-4H2,1H3/b18-5+. The maximum Gasteiger partial charge on any atom is 0.434 e. The molecule has 4 nitrogen and oxygen atoms in total. The number of nitrogens with zero attached hydrogens (tertiary/aromatic N) is 2. The number of alkyl halides is 3. The van der Waals surface area contributed by atoms with Crippen LogP contribution in [0.1, 0.15) is 23.9 Å². The average molecular weight is 380 g/mol. The maximum absolute atomic E-state index is 12.8. The number of thiazole rings is 1. The lowest BCUT2D eigenvalue weighted by atomic mass is 10.4. The minimum absolute atomic E-state index is 0.135. The predicted octanol–water partition coefficient (Wildman–Crippen LogP) is 4.11. The lowest BCUT2D eigenvalue weighted by Crippen LogP contribution is -2.09. The summed E-state index contributed by atoms with van der Waals surface area (Å²) in [6.07, 6.45) is -7.46. The van der Waals surface area contributed by atoms with E-state index in [2.05, 4.69) is 15.0 Å². The van der Waals surface area contributed by atoms with Gasteiger partial charge in [-0.15, -0.1) is 11.3 Å². The highest BCUT2D eigenvalue weighted by molar-refractivity contribution is 7.87. The van der Waals surface area contributed by atoms with Crippen molar-refractivity contribution in [2.45, 2.75) is 23.9 Å². The number of oxime groups is 1. The smallest absolute Gasteiger partial charge is 0.396 e. The Bertz CT molecular complexity index is 623. The fourth-order valence-electron chi connectivity index (χ4n) is 1.22. The molecule has 0 saturated carbocycles. The summed E-state index contributed by atoms with van der Waals surface area (Å²) in [4.78, 5) is 7.31. The number of aromatic nitrogens is 1. The van der Waals surface area contributed by atoms with Crippen LogP contribution in [0.3, 0.4) is 0 Å². The molecule has 23 heavy (non-hydrogen) atoms. The molecule has 0 spiro atoms. The maximum atomic E-state index is 12.8. The third-order valence-corrected chi connectivity index (χ3v) is 4.83. The molecule has 0 amide bonds. The molecule has 1 aromatic rings. The summed E-state index contributed by atoms with van der Waals surface area (Å²) in [5, 5.41) is 3.28. The first-order chi connectivity index (χ1) is 10.7. The van der Waals surface area contributed by atoms with Gasteiger partial charge in [0.15, 0.2) is 15.9 Å². The lowest BCUT2D eigenvalue weighted by Gasteiger charge is -2.02. The molecule has 0 aliphatic carbocycles. The molecule has 0 N–H and O–H groups in total. The van der Waals surface area contributed by atoms with E-state index in [1.54, 1.807) is 6.92 Å². The monoisotopic (exact) mass is 380 g/mol.